The van der Waals surface area contributed by atoms with E-state index in [-0.39, 0.29) is 5.97 Å². The number of benzene rings is 2. The summed E-state index contributed by atoms with van der Waals surface area (Å²) < 4.78 is 7.62. The average molecular weight is 430 g/mol. The topological polar surface area (TPSA) is 82.8 Å². The molecule has 0 spiro atoms. The number of fused-ring (bicyclic) bond motifs is 1. The highest BCUT2D eigenvalue weighted by Gasteiger charge is 2.24. The van der Waals surface area contributed by atoms with Gasteiger partial charge in [-0.05, 0) is 37.1 Å². The zero-order chi connectivity index (χ0) is 22.2. The van der Waals surface area contributed by atoms with E-state index in [9.17, 15) is 4.79 Å². The second-order valence-corrected chi connectivity index (χ2v) is 7.73. The molecule has 164 valence electrons. The van der Waals surface area contributed by atoms with Crippen LogP contribution in [0.15, 0.2) is 67.0 Å². The van der Waals surface area contributed by atoms with Gasteiger partial charge in [0.1, 0.15) is 18.1 Å². The predicted molar refractivity (Wildman–Crippen MR) is 122 cm³/mol. The summed E-state index contributed by atoms with van der Waals surface area (Å²) in [6, 6.07) is 18.7. The van der Waals surface area contributed by atoms with Crippen LogP contribution >= 0.6 is 0 Å². The van der Waals surface area contributed by atoms with Crippen LogP contribution in [0.2, 0.25) is 0 Å². The molecule has 2 aromatic heterocycles. The first-order chi connectivity index (χ1) is 15.8. The molecule has 7 heteroatoms. The third-order valence-electron chi connectivity index (χ3n) is 5.40. The highest BCUT2D eigenvalue weighted by atomic mass is 16.5. The number of ether oxygens (including phenoxy) is 1. The molecule has 0 fully saturated rings. The lowest BCUT2D eigenvalue weighted by atomic mass is 10.0. The van der Waals surface area contributed by atoms with E-state index in [1.807, 2.05) is 48.5 Å². The van der Waals surface area contributed by atoms with Gasteiger partial charge in [0.25, 0.3) is 0 Å². The number of nitrogens with zero attached hydrogens (tertiary/aromatic N) is 5. The van der Waals surface area contributed by atoms with Crippen LogP contribution < -0.4 is 0 Å². The Morgan fingerprint density at radius 1 is 0.938 bits per heavy atom. The molecule has 2 aromatic carbocycles. The molecule has 0 amide bonds. The molecule has 0 aliphatic rings. The van der Waals surface area contributed by atoms with Gasteiger partial charge < -0.3 is 4.74 Å². The van der Waals surface area contributed by atoms with Crippen molar-refractivity contribution < 1.29 is 9.53 Å². The monoisotopic (exact) mass is 429 g/mol. The Labute approximate surface area is 187 Å². The van der Waals surface area contributed by atoms with E-state index in [1.54, 1.807) is 16.8 Å². The SMILES string of the molecule is CCCCCCCC(OC(=O)c1ccccc1)c1ncnc2c1nnn2-c1ccccc1. The van der Waals surface area contributed by atoms with Crippen LogP contribution in [-0.2, 0) is 4.74 Å². The summed E-state index contributed by atoms with van der Waals surface area (Å²) in [5.41, 5.74) is 3.11. The molecular formula is C25H27N5O2. The van der Waals surface area contributed by atoms with Gasteiger partial charge in [-0.25, -0.2) is 14.8 Å². The molecular weight excluding hydrogens is 402 g/mol. The fourth-order valence-electron chi connectivity index (χ4n) is 3.70. The van der Waals surface area contributed by atoms with E-state index < -0.39 is 6.10 Å². The van der Waals surface area contributed by atoms with Crippen molar-refractivity contribution in [2.24, 2.45) is 0 Å². The number of carbonyl (C=O) groups is 1. The summed E-state index contributed by atoms with van der Waals surface area (Å²) in [5, 5.41) is 8.64. The number of hydrogen-bond acceptors (Lipinski definition) is 6. The number of unbranched alkanes of at least 4 members (excludes halogenated alkanes) is 4. The zero-order valence-corrected chi connectivity index (χ0v) is 18.2. The summed E-state index contributed by atoms with van der Waals surface area (Å²) in [6.45, 7) is 2.19. The van der Waals surface area contributed by atoms with Crippen molar-refractivity contribution in [3.63, 3.8) is 0 Å². The first-order valence-corrected chi connectivity index (χ1v) is 11.2. The standard InChI is InChI=1S/C25H27N5O2/c1-2-3-4-5-12-17-21(32-25(31)19-13-8-6-9-14-19)22-23-24(27-18-26-22)30(29-28-23)20-15-10-7-11-16-20/h6-11,13-16,18,21H,2-5,12,17H2,1H3. The first kappa shape index (κ1) is 21.6. The maximum Gasteiger partial charge on any atom is 0.338 e. The van der Waals surface area contributed by atoms with Crippen LogP contribution in [0.5, 0.6) is 0 Å². The highest BCUT2D eigenvalue weighted by molar-refractivity contribution is 5.89. The van der Waals surface area contributed by atoms with Gasteiger partial charge in [-0.3, -0.25) is 0 Å². The van der Waals surface area contributed by atoms with Crippen LogP contribution in [0, 0.1) is 0 Å². The summed E-state index contributed by atoms with van der Waals surface area (Å²) in [4.78, 5) is 21.7. The van der Waals surface area contributed by atoms with Crippen LogP contribution in [-0.4, -0.2) is 30.9 Å². The smallest absolute Gasteiger partial charge is 0.338 e. The molecule has 1 unspecified atom stereocenters. The number of aromatic nitrogens is 5. The first-order valence-electron chi connectivity index (χ1n) is 11.2. The lowest BCUT2D eigenvalue weighted by Crippen LogP contribution is -2.14. The minimum atomic E-state index is -0.518. The summed E-state index contributed by atoms with van der Waals surface area (Å²) in [5.74, 6) is -0.369. The number of rotatable bonds is 10. The Kier molecular flexibility index (Phi) is 7.17. The molecule has 0 saturated heterocycles. The number of hydrogen-bond donors (Lipinski definition) is 0. The van der Waals surface area contributed by atoms with Gasteiger partial charge in [0.2, 0.25) is 0 Å². The average Bonchev–Trinajstić information content (AvgIpc) is 3.28. The molecule has 0 radical (unpaired) electrons. The van der Waals surface area contributed by atoms with Crippen molar-refractivity contribution in [2.45, 2.75) is 51.6 Å². The summed E-state index contributed by atoms with van der Waals surface area (Å²) in [6.07, 6.45) is 7.21. The molecule has 7 nitrogen and oxygen atoms in total. The van der Waals surface area contributed by atoms with Gasteiger partial charge >= 0.3 is 5.97 Å². The van der Waals surface area contributed by atoms with Crippen molar-refractivity contribution in [1.82, 2.24) is 25.0 Å². The summed E-state index contributed by atoms with van der Waals surface area (Å²) >= 11 is 0. The maximum absolute atomic E-state index is 12.8. The van der Waals surface area contributed by atoms with Crippen molar-refractivity contribution >= 4 is 17.1 Å². The van der Waals surface area contributed by atoms with Crippen molar-refractivity contribution in [1.29, 1.82) is 0 Å². The molecule has 0 bridgehead atoms. The zero-order valence-electron chi connectivity index (χ0n) is 18.2. The third-order valence-corrected chi connectivity index (χ3v) is 5.40. The molecule has 0 aliphatic carbocycles. The molecule has 32 heavy (non-hydrogen) atoms. The highest BCUT2D eigenvalue weighted by Crippen LogP contribution is 2.28. The van der Waals surface area contributed by atoms with Gasteiger partial charge in [0.05, 0.1) is 11.3 Å². The van der Waals surface area contributed by atoms with Gasteiger partial charge in [0, 0.05) is 0 Å². The Balaban J connectivity index is 1.63. The molecule has 4 aromatic rings. The quantitative estimate of drug-likeness (QED) is 0.246. The molecule has 0 aliphatic heterocycles. The number of carbonyl (C=O) groups excluding carboxylic acids is 1. The Hall–Kier alpha value is -3.61. The van der Waals surface area contributed by atoms with Crippen molar-refractivity contribution in [2.75, 3.05) is 0 Å². The van der Waals surface area contributed by atoms with Crippen LogP contribution in [0.1, 0.15) is 67.6 Å². The van der Waals surface area contributed by atoms with Gasteiger partial charge in [-0.2, -0.15) is 4.68 Å². The minimum Gasteiger partial charge on any atom is -0.452 e. The van der Waals surface area contributed by atoms with E-state index in [2.05, 4.69) is 27.2 Å². The van der Waals surface area contributed by atoms with Crippen molar-refractivity contribution in [3.05, 3.63) is 78.2 Å². The van der Waals surface area contributed by atoms with Gasteiger partial charge in [-0.1, -0.05) is 74.2 Å². The predicted octanol–water partition coefficient (Wildman–Crippen LogP) is 5.47. The normalized spacial score (nSPS) is 12.0. The molecule has 1 atom stereocenters. The largest absolute Gasteiger partial charge is 0.452 e. The Morgan fingerprint density at radius 3 is 2.41 bits per heavy atom. The fourth-order valence-corrected chi connectivity index (χ4v) is 3.70. The van der Waals surface area contributed by atoms with E-state index in [1.165, 1.54) is 25.6 Å². The second-order valence-electron chi connectivity index (χ2n) is 7.73. The lowest BCUT2D eigenvalue weighted by Gasteiger charge is -2.17. The van der Waals surface area contributed by atoms with Crippen LogP contribution in [0.3, 0.4) is 0 Å². The number of para-hydroxylation sites is 1. The van der Waals surface area contributed by atoms with E-state index >= 15 is 0 Å². The lowest BCUT2D eigenvalue weighted by molar-refractivity contribution is 0.0263. The van der Waals surface area contributed by atoms with Gasteiger partial charge in [0.15, 0.2) is 11.2 Å². The summed E-state index contributed by atoms with van der Waals surface area (Å²) in [7, 11) is 0. The van der Waals surface area contributed by atoms with Crippen LogP contribution in [0.25, 0.3) is 16.9 Å². The molecule has 0 N–H and O–H groups in total. The fraction of sp³-hybridized carbons (Fsp3) is 0.320. The Morgan fingerprint density at radius 2 is 1.66 bits per heavy atom. The van der Waals surface area contributed by atoms with Crippen molar-refractivity contribution in [3.8, 4) is 5.69 Å². The maximum atomic E-state index is 12.8. The minimum absolute atomic E-state index is 0.369. The molecule has 2 heterocycles. The Bertz CT molecular complexity index is 1140. The van der Waals surface area contributed by atoms with E-state index in [0.29, 0.717) is 28.8 Å². The van der Waals surface area contributed by atoms with Gasteiger partial charge in [-0.15, -0.1) is 5.10 Å². The second kappa shape index (κ2) is 10.6. The molecule has 4 rings (SSSR count). The molecule has 0 saturated carbocycles. The van der Waals surface area contributed by atoms with E-state index in [4.69, 9.17) is 4.74 Å². The van der Waals surface area contributed by atoms with Crippen LogP contribution in [0.4, 0.5) is 0 Å². The number of esters is 1. The third kappa shape index (κ3) is 4.99. The van der Waals surface area contributed by atoms with E-state index in [0.717, 1.165) is 18.5 Å².